The van der Waals surface area contributed by atoms with Crippen molar-refractivity contribution in [2.24, 2.45) is 0 Å². The molecule has 110 valence electrons. The smallest absolute Gasteiger partial charge is 0.240 e. The van der Waals surface area contributed by atoms with Crippen LogP contribution in [0.2, 0.25) is 0 Å². The summed E-state index contributed by atoms with van der Waals surface area (Å²) in [4.78, 5) is 13.7. The Morgan fingerprint density at radius 2 is 1.70 bits per heavy atom. The van der Waals surface area contributed by atoms with E-state index in [0.717, 1.165) is 18.5 Å². The molecule has 0 radical (unpaired) electrons. The van der Waals surface area contributed by atoms with Crippen LogP contribution >= 0.6 is 0 Å². The van der Waals surface area contributed by atoms with E-state index in [1.807, 2.05) is 7.05 Å². The Labute approximate surface area is 120 Å². The van der Waals surface area contributed by atoms with Crippen LogP contribution in [0.1, 0.15) is 25.7 Å². The molecule has 0 aliphatic heterocycles. The lowest BCUT2D eigenvalue weighted by molar-refractivity contribution is -0.120. The first-order chi connectivity index (χ1) is 9.44. The highest BCUT2D eigenvalue weighted by atomic mass is 32.2. The zero-order chi connectivity index (χ0) is 14.8. The van der Waals surface area contributed by atoms with Crippen molar-refractivity contribution in [2.45, 2.75) is 36.6 Å². The maximum Gasteiger partial charge on any atom is 0.240 e. The largest absolute Gasteiger partial charge is 0.372 e. The quantitative estimate of drug-likeness (QED) is 0.915. The summed E-state index contributed by atoms with van der Waals surface area (Å²) in [5.74, 6) is 0.338. The highest BCUT2D eigenvalue weighted by molar-refractivity contribution is 7.89. The van der Waals surface area contributed by atoms with E-state index in [1.54, 1.807) is 24.3 Å². The standard InChI is InChI=1S/C14H20N2O3S/c1-15-20(18,19)14-9-5-12(6-10-14)16(2)11-3-7-13(17)8-4-11/h5-6,9-11,15H,3-4,7-8H2,1-2H3. The van der Waals surface area contributed by atoms with E-state index in [9.17, 15) is 13.2 Å². The number of benzene rings is 1. The molecule has 1 aromatic rings. The van der Waals surface area contributed by atoms with Crippen molar-refractivity contribution >= 4 is 21.5 Å². The fourth-order valence-corrected chi connectivity index (χ4v) is 3.23. The Kier molecular flexibility index (Phi) is 4.45. The Hall–Kier alpha value is -1.40. The maximum atomic E-state index is 11.7. The average molecular weight is 296 g/mol. The zero-order valence-corrected chi connectivity index (χ0v) is 12.6. The fraction of sp³-hybridized carbons (Fsp3) is 0.500. The molecule has 0 heterocycles. The second kappa shape index (κ2) is 5.93. The number of carbonyl (C=O) groups is 1. The minimum Gasteiger partial charge on any atom is -0.372 e. The molecule has 2 rings (SSSR count). The third kappa shape index (κ3) is 3.19. The number of anilines is 1. The van der Waals surface area contributed by atoms with Crippen molar-refractivity contribution in [1.82, 2.24) is 4.72 Å². The van der Waals surface area contributed by atoms with Gasteiger partial charge in [0.25, 0.3) is 0 Å². The molecule has 0 saturated heterocycles. The molecular weight excluding hydrogens is 276 g/mol. The van der Waals surface area contributed by atoms with Crippen LogP contribution in [-0.4, -0.2) is 34.3 Å². The molecule has 1 aliphatic carbocycles. The van der Waals surface area contributed by atoms with Crippen LogP contribution in [0.25, 0.3) is 0 Å². The van der Waals surface area contributed by atoms with Crippen LogP contribution in [0.4, 0.5) is 5.69 Å². The minimum atomic E-state index is -3.39. The van der Waals surface area contributed by atoms with Gasteiger partial charge in [0.1, 0.15) is 5.78 Å². The monoisotopic (exact) mass is 296 g/mol. The van der Waals surface area contributed by atoms with E-state index < -0.39 is 10.0 Å². The molecule has 1 aromatic carbocycles. The van der Waals surface area contributed by atoms with Gasteiger partial charge in [-0.2, -0.15) is 0 Å². The van der Waals surface area contributed by atoms with Gasteiger partial charge in [0.15, 0.2) is 0 Å². The van der Waals surface area contributed by atoms with E-state index in [2.05, 4.69) is 9.62 Å². The summed E-state index contributed by atoms with van der Waals surface area (Å²) in [7, 11) is -0.000608. The Balaban J connectivity index is 2.12. The summed E-state index contributed by atoms with van der Waals surface area (Å²) in [6.45, 7) is 0. The zero-order valence-electron chi connectivity index (χ0n) is 11.8. The molecule has 1 N–H and O–H groups in total. The van der Waals surface area contributed by atoms with Crippen LogP contribution in [0, 0.1) is 0 Å². The van der Waals surface area contributed by atoms with Crippen molar-refractivity contribution in [1.29, 1.82) is 0 Å². The van der Waals surface area contributed by atoms with Crippen LogP contribution in [-0.2, 0) is 14.8 Å². The topological polar surface area (TPSA) is 66.5 Å². The molecule has 6 heteroatoms. The van der Waals surface area contributed by atoms with Gasteiger partial charge in [-0.1, -0.05) is 0 Å². The van der Waals surface area contributed by atoms with Crippen LogP contribution < -0.4 is 9.62 Å². The van der Waals surface area contributed by atoms with Gasteiger partial charge in [-0.05, 0) is 44.2 Å². The van der Waals surface area contributed by atoms with Gasteiger partial charge in [-0.3, -0.25) is 4.79 Å². The molecule has 1 fully saturated rings. The number of sulfonamides is 1. The number of hydrogen-bond acceptors (Lipinski definition) is 4. The van der Waals surface area contributed by atoms with Crippen molar-refractivity contribution in [3.05, 3.63) is 24.3 Å². The number of nitrogens with one attached hydrogen (secondary N) is 1. The molecule has 5 nitrogen and oxygen atoms in total. The highest BCUT2D eigenvalue weighted by Crippen LogP contribution is 2.25. The molecule has 0 unspecified atom stereocenters. The number of hydrogen-bond donors (Lipinski definition) is 1. The van der Waals surface area contributed by atoms with E-state index in [1.165, 1.54) is 7.05 Å². The van der Waals surface area contributed by atoms with Gasteiger partial charge < -0.3 is 4.90 Å². The Bertz CT molecular complexity index is 571. The number of rotatable bonds is 4. The summed E-state index contributed by atoms with van der Waals surface area (Å²) in [6, 6.07) is 7.16. The first kappa shape index (κ1) is 15.0. The molecule has 0 bridgehead atoms. The summed E-state index contributed by atoms with van der Waals surface area (Å²) < 4.78 is 25.6. The highest BCUT2D eigenvalue weighted by Gasteiger charge is 2.22. The van der Waals surface area contributed by atoms with Crippen LogP contribution in [0.3, 0.4) is 0 Å². The fourth-order valence-electron chi connectivity index (χ4n) is 2.50. The van der Waals surface area contributed by atoms with E-state index in [0.29, 0.717) is 24.7 Å². The normalized spacial score (nSPS) is 17.2. The lowest BCUT2D eigenvalue weighted by Gasteiger charge is -2.32. The molecular formula is C14H20N2O3S. The molecule has 0 spiro atoms. The van der Waals surface area contributed by atoms with E-state index in [-0.39, 0.29) is 4.90 Å². The molecule has 1 aliphatic rings. The predicted molar refractivity (Wildman–Crippen MR) is 78.4 cm³/mol. The Morgan fingerprint density at radius 3 is 2.20 bits per heavy atom. The van der Waals surface area contributed by atoms with E-state index >= 15 is 0 Å². The summed E-state index contributed by atoms with van der Waals surface area (Å²) in [5.41, 5.74) is 0.972. The number of nitrogens with zero attached hydrogens (tertiary/aromatic N) is 1. The second-order valence-corrected chi connectivity index (χ2v) is 6.97. The van der Waals surface area contributed by atoms with Crippen molar-refractivity contribution in [3.63, 3.8) is 0 Å². The Morgan fingerprint density at radius 1 is 1.15 bits per heavy atom. The lowest BCUT2D eigenvalue weighted by Crippen LogP contribution is -2.35. The molecule has 0 atom stereocenters. The van der Waals surface area contributed by atoms with Crippen molar-refractivity contribution in [3.8, 4) is 0 Å². The summed E-state index contributed by atoms with van der Waals surface area (Å²) in [5, 5.41) is 0. The van der Waals surface area contributed by atoms with Crippen molar-refractivity contribution in [2.75, 3.05) is 19.0 Å². The third-order valence-electron chi connectivity index (χ3n) is 3.88. The molecule has 0 amide bonds. The second-order valence-electron chi connectivity index (χ2n) is 5.08. The number of Topliss-reactive ketones (excluding diaryl/α,β-unsaturated/α-hetero) is 1. The van der Waals surface area contributed by atoms with E-state index in [4.69, 9.17) is 0 Å². The summed E-state index contributed by atoms with van der Waals surface area (Å²) >= 11 is 0. The van der Waals surface area contributed by atoms with Gasteiger partial charge in [-0.25, -0.2) is 13.1 Å². The average Bonchev–Trinajstić information content (AvgIpc) is 2.47. The van der Waals surface area contributed by atoms with Gasteiger partial charge >= 0.3 is 0 Å². The third-order valence-corrected chi connectivity index (χ3v) is 5.31. The predicted octanol–water partition coefficient (Wildman–Crippen LogP) is 1.54. The molecule has 1 saturated carbocycles. The van der Waals surface area contributed by atoms with Crippen molar-refractivity contribution < 1.29 is 13.2 Å². The summed E-state index contributed by atoms with van der Waals surface area (Å²) in [6.07, 6.45) is 3.01. The van der Waals surface area contributed by atoms with Gasteiger partial charge in [0, 0.05) is 31.6 Å². The van der Waals surface area contributed by atoms with Gasteiger partial charge in [0.2, 0.25) is 10.0 Å². The minimum absolute atomic E-state index is 0.260. The lowest BCUT2D eigenvalue weighted by atomic mass is 9.93. The first-order valence-corrected chi connectivity index (χ1v) is 8.20. The SMILES string of the molecule is CNS(=O)(=O)c1ccc(N(C)C2CCC(=O)CC2)cc1. The first-order valence-electron chi connectivity index (χ1n) is 6.72. The van der Waals surface area contributed by atoms with Crippen LogP contribution in [0.15, 0.2) is 29.2 Å². The van der Waals surface area contributed by atoms with Gasteiger partial charge in [0.05, 0.1) is 4.90 Å². The number of carbonyl (C=O) groups excluding carboxylic acids is 1. The maximum absolute atomic E-state index is 11.7. The van der Waals surface area contributed by atoms with Gasteiger partial charge in [-0.15, -0.1) is 0 Å². The number of ketones is 1. The molecule has 20 heavy (non-hydrogen) atoms. The molecule has 0 aromatic heterocycles. The van der Waals surface area contributed by atoms with Crippen LogP contribution in [0.5, 0.6) is 0 Å².